The second kappa shape index (κ2) is 7.88. The number of carboxylic acid groups (broad SMARTS) is 1. The van der Waals surface area contributed by atoms with Gasteiger partial charge in [-0.3, -0.25) is 4.90 Å². The standard InChI is InChI=1S/C19H16F2N2O3/c20-15-7-5-13(6-8-15)9-23(10-14-3-1-2-4-16(14)21)11-18-22-17(12-26-18)19(24)25/h1-8,12H,9-11H2,(H,24,25). The molecule has 1 aromatic heterocycles. The molecule has 0 unspecified atom stereocenters. The minimum atomic E-state index is -1.18. The van der Waals surface area contributed by atoms with Crippen LogP contribution in [-0.2, 0) is 19.6 Å². The Balaban J connectivity index is 1.81. The molecule has 0 atom stereocenters. The Kier molecular flexibility index (Phi) is 5.38. The number of aromatic carboxylic acids is 1. The van der Waals surface area contributed by atoms with Gasteiger partial charge in [0, 0.05) is 18.7 Å². The van der Waals surface area contributed by atoms with Crippen LogP contribution in [0.1, 0.15) is 27.5 Å². The zero-order valence-corrected chi connectivity index (χ0v) is 13.7. The molecule has 0 saturated carbocycles. The van der Waals surface area contributed by atoms with Gasteiger partial charge in [0.25, 0.3) is 0 Å². The van der Waals surface area contributed by atoms with E-state index in [-0.39, 0.29) is 36.3 Å². The van der Waals surface area contributed by atoms with E-state index < -0.39 is 5.97 Å². The van der Waals surface area contributed by atoms with Crippen LogP contribution in [0.25, 0.3) is 0 Å². The van der Waals surface area contributed by atoms with E-state index in [1.807, 2.05) is 4.90 Å². The highest BCUT2D eigenvalue weighted by Crippen LogP contribution is 2.16. The van der Waals surface area contributed by atoms with Gasteiger partial charge in [0.15, 0.2) is 5.69 Å². The van der Waals surface area contributed by atoms with Crippen LogP contribution in [0.15, 0.2) is 59.2 Å². The van der Waals surface area contributed by atoms with Crippen molar-refractivity contribution in [2.75, 3.05) is 0 Å². The maximum atomic E-state index is 14.0. The molecule has 0 amide bonds. The van der Waals surface area contributed by atoms with Crippen molar-refractivity contribution in [3.63, 3.8) is 0 Å². The van der Waals surface area contributed by atoms with E-state index in [9.17, 15) is 13.6 Å². The third kappa shape index (κ3) is 4.52. The second-order valence-corrected chi connectivity index (χ2v) is 5.79. The van der Waals surface area contributed by atoms with Crippen LogP contribution in [0.5, 0.6) is 0 Å². The molecule has 0 aliphatic rings. The molecular formula is C19H16F2N2O3. The van der Waals surface area contributed by atoms with Crippen LogP contribution in [-0.4, -0.2) is 21.0 Å². The third-order valence-electron chi connectivity index (χ3n) is 3.80. The summed E-state index contributed by atoms with van der Waals surface area (Å²) in [4.78, 5) is 16.7. The van der Waals surface area contributed by atoms with Gasteiger partial charge in [-0.05, 0) is 23.8 Å². The number of hydrogen-bond donors (Lipinski definition) is 1. The molecule has 0 aliphatic carbocycles. The van der Waals surface area contributed by atoms with Crippen molar-refractivity contribution < 1.29 is 23.1 Å². The lowest BCUT2D eigenvalue weighted by atomic mass is 10.1. The van der Waals surface area contributed by atoms with Crippen LogP contribution in [0.2, 0.25) is 0 Å². The van der Waals surface area contributed by atoms with Gasteiger partial charge >= 0.3 is 5.97 Å². The molecule has 1 heterocycles. The zero-order chi connectivity index (χ0) is 18.5. The first-order valence-electron chi connectivity index (χ1n) is 7.89. The Morgan fingerprint density at radius 3 is 2.42 bits per heavy atom. The normalized spacial score (nSPS) is 11.0. The molecule has 134 valence electrons. The maximum absolute atomic E-state index is 14.0. The summed E-state index contributed by atoms with van der Waals surface area (Å²) in [5.41, 5.74) is 1.13. The maximum Gasteiger partial charge on any atom is 0.357 e. The Morgan fingerprint density at radius 2 is 1.77 bits per heavy atom. The smallest absolute Gasteiger partial charge is 0.357 e. The fourth-order valence-corrected chi connectivity index (χ4v) is 2.56. The number of halogens is 2. The fourth-order valence-electron chi connectivity index (χ4n) is 2.56. The number of rotatable bonds is 7. The molecule has 2 aromatic carbocycles. The number of benzene rings is 2. The molecule has 3 aromatic rings. The van der Waals surface area contributed by atoms with Crippen molar-refractivity contribution in [2.45, 2.75) is 19.6 Å². The SMILES string of the molecule is O=C(O)c1coc(CN(Cc2ccc(F)cc2)Cc2ccccc2F)n1. The average molecular weight is 358 g/mol. The van der Waals surface area contributed by atoms with Crippen molar-refractivity contribution in [1.29, 1.82) is 0 Å². The molecule has 0 fully saturated rings. The molecular weight excluding hydrogens is 342 g/mol. The number of carbonyl (C=O) groups is 1. The number of aromatic nitrogens is 1. The van der Waals surface area contributed by atoms with Gasteiger partial charge < -0.3 is 9.52 Å². The fraction of sp³-hybridized carbons (Fsp3) is 0.158. The predicted octanol–water partition coefficient (Wildman–Crippen LogP) is 3.85. The molecule has 0 spiro atoms. The summed E-state index contributed by atoms with van der Waals surface area (Å²) < 4.78 is 32.3. The Morgan fingerprint density at radius 1 is 1.04 bits per heavy atom. The van der Waals surface area contributed by atoms with E-state index in [1.54, 1.807) is 30.3 Å². The molecule has 0 radical (unpaired) electrons. The average Bonchev–Trinajstić information content (AvgIpc) is 3.08. The number of oxazole rings is 1. The lowest BCUT2D eigenvalue weighted by molar-refractivity contribution is 0.0690. The van der Waals surface area contributed by atoms with Crippen LogP contribution < -0.4 is 0 Å². The van der Waals surface area contributed by atoms with E-state index in [4.69, 9.17) is 9.52 Å². The Labute approximate surface area is 148 Å². The summed E-state index contributed by atoms with van der Waals surface area (Å²) in [6.45, 7) is 0.827. The molecule has 7 heteroatoms. The summed E-state index contributed by atoms with van der Waals surface area (Å²) in [5.74, 6) is -1.65. The van der Waals surface area contributed by atoms with E-state index >= 15 is 0 Å². The second-order valence-electron chi connectivity index (χ2n) is 5.79. The number of carboxylic acids is 1. The summed E-state index contributed by atoms with van der Waals surface area (Å²) in [6.07, 6.45) is 1.07. The topological polar surface area (TPSA) is 66.6 Å². The molecule has 5 nitrogen and oxygen atoms in total. The largest absolute Gasteiger partial charge is 0.476 e. The lowest BCUT2D eigenvalue weighted by Crippen LogP contribution is -2.23. The number of hydrogen-bond acceptors (Lipinski definition) is 4. The highest BCUT2D eigenvalue weighted by atomic mass is 19.1. The monoisotopic (exact) mass is 358 g/mol. The van der Waals surface area contributed by atoms with E-state index in [0.717, 1.165) is 11.8 Å². The van der Waals surface area contributed by atoms with Crippen molar-refractivity contribution >= 4 is 5.97 Å². The van der Waals surface area contributed by atoms with Gasteiger partial charge in [0.05, 0.1) is 6.54 Å². The summed E-state index contributed by atoms with van der Waals surface area (Å²) >= 11 is 0. The van der Waals surface area contributed by atoms with Crippen LogP contribution in [0.3, 0.4) is 0 Å². The molecule has 26 heavy (non-hydrogen) atoms. The summed E-state index contributed by atoms with van der Waals surface area (Å²) in [6, 6.07) is 12.4. The zero-order valence-electron chi connectivity index (χ0n) is 13.7. The third-order valence-corrected chi connectivity index (χ3v) is 3.80. The summed E-state index contributed by atoms with van der Waals surface area (Å²) in [5, 5.41) is 8.94. The van der Waals surface area contributed by atoms with Gasteiger partial charge in [-0.1, -0.05) is 30.3 Å². The summed E-state index contributed by atoms with van der Waals surface area (Å²) in [7, 11) is 0. The quantitative estimate of drug-likeness (QED) is 0.695. The predicted molar refractivity (Wildman–Crippen MR) is 89.2 cm³/mol. The van der Waals surface area contributed by atoms with E-state index in [1.165, 1.54) is 18.2 Å². The number of nitrogens with zero attached hydrogens (tertiary/aromatic N) is 2. The van der Waals surface area contributed by atoms with Crippen molar-refractivity contribution in [2.24, 2.45) is 0 Å². The highest BCUT2D eigenvalue weighted by molar-refractivity contribution is 5.84. The molecule has 3 rings (SSSR count). The molecule has 0 bridgehead atoms. The lowest BCUT2D eigenvalue weighted by Gasteiger charge is -2.21. The van der Waals surface area contributed by atoms with E-state index in [2.05, 4.69) is 4.98 Å². The van der Waals surface area contributed by atoms with Crippen LogP contribution in [0, 0.1) is 11.6 Å². The van der Waals surface area contributed by atoms with Crippen molar-refractivity contribution in [3.8, 4) is 0 Å². The van der Waals surface area contributed by atoms with E-state index in [0.29, 0.717) is 12.1 Å². The first-order chi connectivity index (χ1) is 12.5. The first kappa shape index (κ1) is 17.8. The molecule has 0 saturated heterocycles. The minimum absolute atomic E-state index is 0.180. The minimum Gasteiger partial charge on any atom is -0.476 e. The van der Waals surface area contributed by atoms with Gasteiger partial charge in [0.2, 0.25) is 5.89 Å². The van der Waals surface area contributed by atoms with Crippen molar-refractivity contribution in [3.05, 3.63) is 89.1 Å². The first-order valence-corrected chi connectivity index (χ1v) is 7.89. The molecule has 1 N–H and O–H groups in total. The van der Waals surface area contributed by atoms with Crippen LogP contribution >= 0.6 is 0 Å². The van der Waals surface area contributed by atoms with Gasteiger partial charge in [-0.2, -0.15) is 0 Å². The highest BCUT2D eigenvalue weighted by Gasteiger charge is 2.16. The van der Waals surface area contributed by atoms with Crippen molar-refractivity contribution in [1.82, 2.24) is 9.88 Å². The van der Waals surface area contributed by atoms with Crippen LogP contribution in [0.4, 0.5) is 8.78 Å². The van der Waals surface area contributed by atoms with Gasteiger partial charge in [0.1, 0.15) is 17.9 Å². The van der Waals surface area contributed by atoms with Gasteiger partial charge in [-0.15, -0.1) is 0 Å². The Bertz CT molecular complexity index is 894. The van der Waals surface area contributed by atoms with Gasteiger partial charge in [-0.25, -0.2) is 18.6 Å². The molecule has 0 aliphatic heterocycles. The Hall–Kier alpha value is -3.06.